The van der Waals surface area contributed by atoms with E-state index >= 15 is 0 Å². The van der Waals surface area contributed by atoms with E-state index in [4.69, 9.17) is 5.11 Å². The molecule has 0 aromatic heterocycles. The van der Waals surface area contributed by atoms with Crippen LogP contribution in [0.1, 0.15) is 18.9 Å². The lowest BCUT2D eigenvalue weighted by atomic mass is 9.92. The van der Waals surface area contributed by atoms with E-state index in [9.17, 15) is 14.4 Å². The number of nitrogens with zero attached hydrogens (tertiary/aromatic N) is 1. The lowest BCUT2D eigenvalue weighted by Crippen LogP contribution is -2.41. The molecule has 100 valence electrons. The van der Waals surface area contributed by atoms with Crippen molar-refractivity contribution in [2.75, 3.05) is 6.54 Å². The smallest absolute Gasteiger partial charge is 0.325 e. The molecule has 3 amide bonds. The lowest BCUT2D eigenvalue weighted by molar-refractivity contribution is -0.138. The van der Waals surface area contributed by atoms with Crippen LogP contribution >= 0.6 is 0 Å². The number of rotatable bonds is 4. The van der Waals surface area contributed by atoms with Crippen LogP contribution in [-0.2, 0) is 15.1 Å². The molecule has 1 heterocycles. The normalized spacial score (nSPS) is 22.5. The van der Waals surface area contributed by atoms with E-state index in [1.807, 2.05) is 6.07 Å². The first-order valence-electron chi connectivity index (χ1n) is 5.86. The predicted octanol–water partition coefficient (Wildman–Crippen LogP) is 0.928. The van der Waals surface area contributed by atoms with Crippen LogP contribution in [0.15, 0.2) is 30.3 Å². The van der Waals surface area contributed by atoms with Crippen molar-refractivity contribution in [3.8, 4) is 0 Å². The second-order valence-electron chi connectivity index (χ2n) is 4.52. The van der Waals surface area contributed by atoms with Gasteiger partial charge in [0.2, 0.25) is 0 Å². The molecule has 1 atom stereocenters. The van der Waals surface area contributed by atoms with Gasteiger partial charge in [0, 0.05) is 6.54 Å². The second kappa shape index (κ2) is 4.72. The molecular formula is C13H14N2O4. The topological polar surface area (TPSA) is 86.7 Å². The molecule has 6 heteroatoms. The number of benzene rings is 1. The third-order valence-corrected chi connectivity index (χ3v) is 3.18. The van der Waals surface area contributed by atoms with Crippen molar-refractivity contribution in [1.29, 1.82) is 0 Å². The van der Waals surface area contributed by atoms with Gasteiger partial charge in [0.05, 0.1) is 6.42 Å². The fourth-order valence-electron chi connectivity index (χ4n) is 2.07. The van der Waals surface area contributed by atoms with Crippen molar-refractivity contribution in [3.05, 3.63) is 35.9 Å². The summed E-state index contributed by atoms with van der Waals surface area (Å²) in [6.45, 7) is 1.49. The Kier molecular flexibility index (Phi) is 3.25. The van der Waals surface area contributed by atoms with Gasteiger partial charge in [-0.2, -0.15) is 0 Å². The molecule has 2 N–H and O–H groups in total. The Hall–Kier alpha value is -2.37. The maximum absolute atomic E-state index is 12.3. The highest BCUT2D eigenvalue weighted by atomic mass is 16.4. The molecular weight excluding hydrogens is 248 g/mol. The van der Waals surface area contributed by atoms with Crippen LogP contribution in [0.2, 0.25) is 0 Å². The molecule has 19 heavy (non-hydrogen) atoms. The maximum Gasteiger partial charge on any atom is 0.325 e. The van der Waals surface area contributed by atoms with Gasteiger partial charge in [0.25, 0.3) is 5.91 Å². The predicted molar refractivity (Wildman–Crippen MR) is 66.3 cm³/mol. The zero-order valence-corrected chi connectivity index (χ0v) is 10.4. The fourth-order valence-corrected chi connectivity index (χ4v) is 2.07. The molecule has 0 radical (unpaired) electrons. The Morgan fingerprint density at radius 3 is 2.53 bits per heavy atom. The number of hydrogen-bond donors (Lipinski definition) is 2. The first-order valence-corrected chi connectivity index (χ1v) is 5.86. The van der Waals surface area contributed by atoms with Crippen molar-refractivity contribution in [1.82, 2.24) is 10.2 Å². The van der Waals surface area contributed by atoms with Crippen molar-refractivity contribution in [2.24, 2.45) is 0 Å². The van der Waals surface area contributed by atoms with Gasteiger partial charge in [-0.1, -0.05) is 30.3 Å². The van der Waals surface area contributed by atoms with Gasteiger partial charge < -0.3 is 10.4 Å². The highest BCUT2D eigenvalue weighted by Crippen LogP contribution is 2.28. The summed E-state index contributed by atoms with van der Waals surface area (Å²) in [4.78, 5) is 35.6. The first-order chi connectivity index (χ1) is 8.95. The minimum absolute atomic E-state index is 0.123. The van der Waals surface area contributed by atoms with Crippen LogP contribution in [0.25, 0.3) is 0 Å². The Balaban J connectivity index is 2.24. The minimum atomic E-state index is -1.13. The molecule has 0 bridgehead atoms. The number of carboxylic acids is 1. The summed E-state index contributed by atoms with van der Waals surface area (Å²) in [7, 11) is 0. The number of amides is 3. The molecule has 2 rings (SSSR count). The summed E-state index contributed by atoms with van der Waals surface area (Å²) in [6, 6.07) is 8.31. The van der Waals surface area contributed by atoms with Crippen LogP contribution in [-0.4, -0.2) is 34.5 Å². The summed E-state index contributed by atoms with van der Waals surface area (Å²) in [5.41, 5.74) is -0.456. The Labute approximate surface area is 110 Å². The first kappa shape index (κ1) is 13.1. The largest absolute Gasteiger partial charge is 0.481 e. The standard InChI is InChI=1S/C13H14N2O4/c1-13(9-5-3-2-4-6-9)11(18)15(12(19)14-13)8-7-10(16)17/h2-6H,7-8H2,1H3,(H,14,19)(H,16,17). The highest BCUT2D eigenvalue weighted by molar-refractivity contribution is 6.07. The number of carbonyl (C=O) groups is 3. The number of nitrogens with one attached hydrogen (secondary N) is 1. The third kappa shape index (κ3) is 2.29. The summed E-state index contributed by atoms with van der Waals surface area (Å²) in [5.74, 6) is -1.47. The Morgan fingerprint density at radius 1 is 1.32 bits per heavy atom. The summed E-state index contributed by atoms with van der Waals surface area (Å²) < 4.78 is 0. The van der Waals surface area contributed by atoms with Crippen LogP contribution < -0.4 is 5.32 Å². The van der Waals surface area contributed by atoms with E-state index in [0.29, 0.717) is 5.56 Å². The van der Waals surface area contributed by atoms with E-state index in [-0.39, 0.29) is 13.0 Å². The van der Waals surface area contributed by atoms with Crippen LogP contribution in [0, 0.1) is 0 Å². The SMILES string of the molecule is CC1(c2ccccc2)NC(=O)N(CCC(=O)O)C1=O. The molecule has 1 aliphatic rings. The minimum Gasteiger partial charge on any atom is -0.481 e. The fraction of sp³-hybridized carbons (Fsp3) is 0.308. The number of hydrogen-bond acceptors (Lipinski definition) is 3. The zero-order chi connectivity index (χ0) is 14.0. The molecule has 6 nitrogen and oxygen atoms in total. The van der Waals surface area contributed by atoms with Crippen molar-refractivity contribution in [3.63, 3.8) is 0 Å². The van der Waals surface area contributed by atoms with E-state index in [0.717, 1.165) is 4.90 Å². The summed E-state index contributed by atoms with van der Waals surface area (Å²) in [5, 5.41) is 11.2. The number of imide groups is 1. The number of carbonyl (C=O) groups excluding carboxylic acids is 2. The van der Waals surface area contributed by atoms with Crippen molar-refractivity contribution < 1.29 is 19.5 Å². The van der Waals surface area contributed by atoms with Crippen molar-refractivity contribution in [2.45, 2.75) is 18.9 Å². The van der Waals surface area contributed by atoms with Crippen molar-refractivity contribution >= 4 is 17.9 Å². The number of carboxylic acid groups (broad SMARTS) is 1. The number of urea groups is 1. The van der Waals surface area contributed by atoms with E-state index in [2.05, 4.69) is 5.32 Å². The van der Waals surface area contributed by atoms with E-state index < -0.39 is 23.4 Å². The van der Waals surface area contributed by atoms with Gasteiger partial charge in [-0.15, -0.1) is 0 Å². The van der Waals surface area contributed by atoms with Gasteiger partial charge in [-0.3, -0.25) is 14.5 Å². The maximum atomic E-state index is 12.3. The molecule has 1 aliphatic heterocycles. The van der Waals surface area contributed by atoms with Gasteiger partial charge in [0.1, 0.15) is 5.54 Å². The highest BCUT2D eigenvalue weighted by Gasteiger charge is 2.48. The third-order valence-electron chi connectivity index (χ3n) is 3.18. The molecule has 0 aliphatic carbocycles. The average Bonchev–Trinajstić information content (AvgIpc) is 2.60. The van der Waals surface area contributed by atoms with Crippen LogP contribution in [0.3, 0.4) is 0 Å². The van der Waals surface area contributed by atoms with Gasteiger partial charge >= 0.3 is 12.0 Å². The molecule has 1 fully saturated rings. The zero-order valence-electron chi connectivity index (χ0n) is 10.4. The van der Waals surface area contributed by atoms with E-state index in [1.54, 1.807) is 31.2 Å². The molecule has 0 saturated carbocycles. The summed E-state index contributed by atoms with van der Waals surface area (Å²) in [6.07, 6.45) is -0.260. The number of aliphatic carboxylic acids is 1. The summed E-state index contributed by atoms with van der Waals surface area (Å²) >= 11 is 0. The van der Waals surface area contributed by atoms with Crippen LogP contribution in [0.5, 0.6) is 0 Å². The Morgan fingerprint density at radius 2 is 1.95 bits per heavy atom. The monoisotopic (exact) mass is 262 g/mol. The quantitative estimate of drug-likeness (QED) is 0.790. The molecule has 1 aromatic carbocycles. The van der Waals surface area contributed by atoms with E-state index in [1.165, 1.54) is 0 Å². The molecule has 1 unspecified atom stereocenters. The molecule has 1 saturated heterocycles. The van der Waals surface area contributed by atoms with Crippen LogP contribution in [0.4, 0.5) is 4.79 Å². The second-order valence-corrected chi connectivity index (χ2v) is 4.52. The Bertz CT molecular complexity index is 529. The lowest BCUT2D eigenvalue weighted by Gasteiger charge is -2.21. The molecule has 0 spiro atoms. The van der Waals surface area contributed by atoms with Gasteiger partial charge in [-0.05, 0) is 12.5 Å². The van der Waals surface area contributed by atoms with Gasteiger partial charge in [-0.25, -0.2) is 4.79 Å². The molecule has 1 aromatic rings. The van der Waals surface area contributed by atoms with Gasteiger partial charge in [0.15, 0.2) is 0 Å². The average molecular weight is 262 g/mol.